The van der Waals surface area contributed by atoms with Crippen molar-refractivity contribution in [2.24, 2.45) is 0 Å². The maximum Gasteiger partial charge on any atom is 0.240 e. The van der Waals surface area contributed by atoms with Gasteiger partial charge in [-0.3, -0.25) is 4.79 Å². The number of hydrogen-bond acceptors (Lipinski definition) is 6. The predicted octanol–water partition coefficient (Wildman–Crippen LogP) is 4.00. The summed E-state index contributed by atoms with van der Waals surface area (Å²) in [5.74, 6) is 1.38. The lowest BCUT2D eigenvalue weighted by atomic mass is 10.1. The molecule has 1 amide bonds. The third kappa shape index (κ3) is 6.33. The Bertz CT molecular complexity index is 1220. The molecule has 4 rings (SSSR count). The smallest absolute Gasteiger partial charge is 0.240 e. The van der Waals surface area contributed by atoms with Gasteiger partial charge in [-0.15, -0.1) is 0 Å². The van der Waals surface area contributed by atoms with E-state index in [0.717, 1.165) is 17.5 Å². The number of rotatable bonds is 10. The van der Waals surface area contributed by atoms with Gasteiger partial charge in [0.15, 0.2) is 11.5 Å². The molecule has 0 saturated carbocycles. The van der Waals surface area contributed by atoms with Crippen molar-refractivity contribution in [1.29, 1.82) is 0 Å². The first-order valence-corrected chi connectivity index (χ1v) is 12.7. The number of anilines is 1. The number of sulfonamides is 1. The highest BCUT2D eigenvalue weighted by Crippen LogP contribution is 2.32. The van der Waals surface area contributed by atoms with Crippen LogP contribution in [0.5, 0.6) is 11.5 Å². The molecule has 0 atom stereocenters. The zero-order valence-electron chi connectivity index (χ0n) is 18.7. The maximum absolute atomic E-state index is 12.5. The molecule has 0 aliphatic carbocycles. The van der Waals surface area contributed by atoms with Crippen molar-refractivity contribution in [2.45, 2.75) is 30.6 Å². The number of carbonyl (C=O) groups excluding carboxylic acids is 1. The minimum absolute atomic E-state index is 0.114. The first kappa shape index (κ1) is 23.7. The van der Waals surface area contributed by atoms with E-state index >= 15 is 0 Å². The van der Waals surface area contributed by atoms with E-state index in [4.69, 9.17) is 9.47 Å². The fourth-order valence-electron chi connectivity index (χ4n) is 3.54. The number of nitrogens with one attached hydrogen (secondary N) is 2. The van der Waals surface area contributed by atoms with Crippen LogP contribution in [0.15, 0.2) is 71.8 Å². The quantitative estimate of drug-likeness (QED) is 0.424. The summed E-state index contributed by atoms with van der Waals surface area (Å²) >= 11 is 0. The van der Waals surface area contributed by atoms with Crippen molar-refractivity contribution in [2.75, 3.05) is 25.1 Å². The number of aromatic nitrogens is 1. The second kappa shape index (κ2) is 11.1. The van der Waals surface area contributed by atoms with Crippen LogP contribution in [0.3, 0.4) is 0 Å². The summed E-state index contributed by atoms with van der Waals surface area (Å²) in [6.45, 7) is 1.14. The van der Waals surface area contributed by atoms with Crippen LogP contribution in [0.1, 0.15) is 25.7 Å². The Hall–Kier alpha value is -3.43. The fourth-order valence-corrected chi connectivity index (χ4v) is 4.63. The second-order valence-electron chi connectivity index (χ2n) is 7.86. The van der Waals surface area contributed by atoms with E-state index in [1.807, 2.05) is 36.4 Å². The first-order valence-electron chi connectivity index (χ1n) is 11.2. The zero-order valence-corrected chi connectivity index (χ0v) is 19.5. The van der Waals surface area contributed by atoms with Crippen molar-refractivity contribution < 1.29 is 22.7 Å². The minimum atomic E-state index is -3.63. The molecule has 3 aromatic rings. The molecule has 0 saturated heterocycles. The lowest BCUT2D eigenvalue weighted by molar-refractivity contribution is -0.116. The van der Waals surface area contributed by atoms with Crippen LogP contribution < -0.4 is 19.5 Å². The van der Waals surface area contributed by atoms with Gasteiger partial charge in [0.25, 0.3) is 0 Å². The highest BCUT2D eigenvalue weighted by molar-refractivity contribution is 7.89. The van der Waals surface area contributed by atoms with Crippen LogP contribution in [-0.4, -0.2) is 39.1 Å². The molecule has 0 fully saturated rings. The molecule has 0 spiro atoms. The molecule has 1 aromatic heterocycles. The van der Waals surface area contributed by atoms with E-state index < -0.39 is 10.0 Å². The molecule has 0 unspecified atom stereocenters. The topological polar surface area (TPSA) is 107 Å². The van der Waals surface area contributed by atoms with Crippen molar-refractivity contribution in [3.63, 3.8) is 0 Å². The molecule has 178 valence electrons. The van der Waals surface area contributed by atoms with Gasteiger partial charge in [-0.05, 0) is 42.7 Å². The predicted molar refractivity (Wildman–Crippen MR) is 129 cm³/mol. The number of unbranched alkanes of at least 4 members (excludes halogenated alkanes) is 2. The van der Waals surface area contributed by atoms with Crippen LogP contribution in [0.2, 0.25) is 0 Å². The number of nitrogens with zero attached hydrogens (tertiary/aromatic N) is 1. The van der Waals surface area contributed by atoms with Crippen molar-refractivity contribution in [1.82, 2.24) is 9.71 Å². The summed E-state index contributed by atoms with van der Waals surface area (Å²) in [6.07, 6.45) is 4.08. The Morgan fingerprint density at radius 1 is 0.882 bits per heavy atom. The van der Waals surface area contributed by atoms with Crippen LogP contribution in [0, 0.1) is 0 Å². The summed E-state index contributed by atoms with van der Waals surface area (Å²) < 4.78 is 38.5. The van der Waals surface area contributed by atoms with Gasteiger partial charge in [0.2, 0.25) is 15.9 Å². The SMILES string of the molecule is O=C(CCCCCNS(=O)(=O)c1ccc2c(c1)OCCO2)Nc1ccc(-c2ccccc2)cn1. The van der Waals surface area contributed by atoms with Crippen molar-refractivity contribution in [3.8, 4) is 22.6 Å². The maximum atomic E-state index is 12.5. The molecule has 9 heteroatoms. The summed E-state index contributed by atoms with van der Waals surface area (Å²) in [5, 5.41) is 2.80. The van der Waals surface area contributed by atoms with Gasteiger partial charge in [0, 0.05) is 30.8 Å². The lowest BCUT2D eigenvalue weighted by Gasteiger charge is -2.18. The van der Waals surface area contributed by atoms with Gasteiger partial charge in [-0.1, -0.05) is 36.8 Å². The fraction of sp³-hybridized carbons (Fsp3) is 0.280. The number of benzene rings is 2. The molecular weight excluding hydrogens is 454 g/mol. The zero-order chi connectivity index (χ0) is 23.8. The third-order valence-electron chi connectivity index (χ3n) is 5.33. The van der Waals surface area contributed by atoms with Crippen molar-refractivity contribution >= 4 is 21.7 Å². The molecular formula is C25H27N3O5S. The molecule has 34 heavy (non-hydrogen) atoms. The Balaban J connectivity index is 1.15. The van der Waals surface area contributed by atoms with Gasteiger partial charge in [-0.25, -0.2) is 18.1 Å². The first-order chi connectivity index (χ1) is 16.5. The van der Waals surface area contributed by atoms with Crippen LogP contribution in [0.25, 0.3) is 11.1 Å². The second-order valence-corrected chi connectivity index (χ2v) is 9.63. The van der Waals surface area contributed by atoms with Gasteiger partial charge in [0.1, 0.15) is 19.0 Å². The molecule has 1 aliphatic rings. The number of amides is 1. The van der Waals surface area contributed by atoms with Gasteiger partial charge in [-0.2, -0.15) is 0 Å². The highest BCUT2D eigenvalue weighted by atomic mass is 32.2. The van der Waals surface area contributed by atoms with E-state index in [2.05, 4.69) is 15.0 Å². The highest BCUT2D eigenvalue weighted by Gasteiger charge is 2.19. The lowest BCUT2D eigenvalue weighted by Crippen LogP contribution is -2.25. The van der Waals surface area contributed by atoms with E-state index in [-0.39, 0.29) is 10.8 Å². The number of carbonyl (C=O) groups is 1. The van der Waals surface area contributed by atoms with Crippen molar-refractivity contribution in [3.05, 3.63) is 66.9 Å². The van der Waals surface area contributed by atoms with Crippen LogP contribution in [-0.2, 0) is 14.8 Å². The van der Waals surface area contributed by atoms with E-state index in [1.54, 1.807) is 18.3 Å². The summed E-state index contributed by atoms with van der Waals surface area (Å²) in [5.41, 5.74) is 2.05. The number of ether oxygens (including phenoxy) is 2. The number of pyridine rings is 1. The Morgan fingerprint density at radius 3 is 2.44 bits per heavy atom. The molecule has 0 bridgehead atoms. The summed E-state index contributed by atoms with van der Waals surface area (Å²) in [4.78, 5) is 16.6. The number of fused-ring (bicyclic) bond motifs is 1. The Kier molecular flexibility index (Phi) is 7.76. The van der Waals surface area contributed by atoms with Crippen LogP contribution in [0.4, 0.5) is 5.82 Å². The molecule has 1 aliphatic heterocycles. The number of hydrogen-bond donors (Lipinski definition) is 2. The van der Waals surface area contributed by atoms with E-state index in [0.29, 0.717) is 56.3 Å². The average molecular weight is 482 g/mol. The minimum Gasteiger partial charge on any atom is -0.486 e. The normalized spacial score (nSPS) is 12.8. The molecule has 2 aromatic carbocycles. The summed E-state index contributed by atoms with van der Waals surface area (Å²) in [6, 6.07) is 18.2. The summed E-state index contributed by atoms with van der Waals surface area (Å²) in [7, 11) is -3.63. The van der Waals surface area contributed by atoms with Crippen LogP contribution >= 0.6 is 0 Å². The molecule has 0 radical (unpaired) electrons. The molecule has 2 N–H and O–H groups in total. The average Bonchev–Trinajstić information content (AvgIpc) is 2.87. The van der Waals surface area contributed by atoms with E-state index in [1.165, 1.54) is 12.1 Å². The van der Waals surface area contributed by atoms with E-state index in [9.17, 15) is 13.2 Å². The Morgan fingerprint density at radius 2 is 1.68 bits per heavy atom. The molecule has 8 nitrogen and oxygen atoms in total. The van der Waals surface area contributed by atoms with Gasteiger partial charge in [0.05, 0.1) is 4.90 Å². The molecule has 2 heterocycles. The largest absolute Gasteiger partial charge is 0.486 e. The monoisotopic (exact) mass is 481 g/mol. The standard InChI is InChI=1S/C25H27N3O5S/c29-25(28-24-13-10-20(18-26-24)19-7-3-1-4-8-19)9-5-2-6-14-27-34(30,31)21-11-12-22-23(17-21)33-16-15-32-22/h1,3-4,7-8,10-13,17-18,27H,2,5-6,9,14-16H2,(H,26,28,29). The van der Waals surface area contributed by atoms with Gasteiger partial charge >= 0.3 is 0 Å². The van der Waals surface area contributed by atoms with Gasteiger partial charge < -0.3 is 14.8 Å². The third-order valence-corrected chi connectivity index (χ3v) is 6.79. The Labute approximate surface area is 199 Å².